The summed E-state index contributed by atoms with van der Waals surface area (Å²) in [4.78, 5) is 73.4. The number of hydrogen-bond acceptors (Lipinski definition) is 11. The second-order valence-electron chi connectivity index (χ2n) is 15.4. The predicted octanol–water partition coefficient (Wildman–Crippen LogP) is 5.45. The summed E-state index contributed by atoms with van der Waals surface area (Å²) in [5, 5.41) is 14.1. The number of aromatic nitrogens is 4. The number of piperazine rings is 1. The van der Waals surface area contributed by atoms with E-state index in [9.17, 15) is 24.0 Å². The van der Waals surface area contributed by atoms with E-state index in [4.69, 9.17) is 9.40 Å². The summed E-state index contributed by atoms with van der Waals surface area (Å²) >= 11 is 0. The van der Waals surface area contributed by atoms with Crippen molar-refractivity contribution in [2.24, 2.45) is 0 Å². The van der Waals surface area contributed by atoms with E-state index in [-0.39, 0.29) is 29.9 Å². The van der Waals surface area contributed by atoms with Crippen LogP contribution in [0.5, 0.6) is 0 Å². The van der Waals surface area contributed by atoms with Gasteiger partial charge in [-0.05, 0) is 61.2 Å². The van der Waals surface area contributed by atoms with Crippen LogP contribution in [0, 0.1) is 0 Å². The standard InChI is InChI=1S/C44H49N9O6/c54-38-21-19-36(42(56)48-38)53-43(57)33-11-8-12-35(40(33)44(53)58)45-22-7-5-3-1-2-4-6-13-39(55)51-25-23-50(24-26-51)31-16-14-30(15-17-31)34-28-46-37(52-29-47-49-41(34)52)20-18-32-10-9-27-59-32/h8-12,14-17,27-29,36,45H,1-7,13,18-26H2,(H,48,54,56). The molecule has 0 spiro atoms. The molecule has 2 aromatic carbocycles. The SMILES string of the molecule is O=C1CCC(N2C(=O)c3cccc(NCCCCCCCCCC(=O)N4CCN(c5ccc(-c6cnc(CCc7ccco7)n7cnnc67)cc5)CC4)c3C2=O)C(=O)N1. The third-order valence-corrected chi connectivity index (χ3v) is 11.6. The molecule has 306 valence electrons. The molecule has 1 unspecified atom stereocenters. The molecule has 59 heavy (non-hydrogen) atoms. The highest BCUT2D eigenvalue weighted by Gasteiger charge is 2.45. The van der Waals surface area contributed by atoms with Crippen LogP contribution in [0.25, 0.3) is 16.8 Å². The normalized spacial score (nSPS) is 16.9. The first-order valence-electron chi connectivity index (χ1n) is 20.8. The highest BCUT2D eigenvalue weighted by Crippen LogP contribution is 2.33. The lowest BCUT2D eigenvalue weighted by Gasteiger charge is -2.36. The number of aryl methyl sites for hydroxylation is 2. The summed E-state index contributed by atoms with van der Waals surface area (Å²) in [7, 11) is 0. The first-order valence-corrected chi connectivity index (χ1v) is 20.8. The number of unbranched alkanes of at least 4 members (excludes halogenated alkanes) is 6. The fraction of sp³-hybridized carbons (Fsp3) is 0.409. The minimum Gasteiger partial charge on any atom is -0.469 e. The molecule has 0 saturated carbocycles. The molecule has 3 aliphatic heterocycles. The van der Waals surface area contributed by atoms with Gasteiger partial charge in [-0.15, -0.1) is 10.2 Å². The van der Waals surface area contributed by atoms with Crippen molar-refractivity contribution in [2.45, 2.75) is 83.1 Å². The van der Waals surface area contributed by atoms with Crippen molar-refractivity contribution in [1.82, 2.24) is 34.7 Å². The highest BCUT2D eigenvalue weighted by molar-refractivity contribution is 6.25. The summed E-state index contributed by atoms with van der Waals surface area (Å²) in [6.45, 7) is 3.67. The van der Waals surface area contributed by atoms with Gasteiger partial charge in [-0.3, -0.25) is 38.6 Å². The number of hydrogen-bond donors (Lipinski definition) is 2. The van der Waals surface area contributed by atoms with Crippen molar-refractivity contribution in [3.63, 3.8) is 0 Å². The van der Waals surface area contributed by atoms with Gasteiger partial charge in [0.15, 0.2) is 5.65 Å². The number of imide groups is 2. The summed E-state index contributed by atoms with van der Waals surface area (Å²) in [6, 6.07) is 16.4. The average molecular weight is 800 g/mol. The zero-order chi connectivity index (χ0) is 40.7. The van der Waals surface area contributed by atoms with Crippen molar-refractivity contribution in [3.8, 4) is 11.1 Å². The van der Waals surface area contributed by atoms with Gasteiger partial charge in [-0.25, -0.2) is 4.98 Å². The smallest absolute Gasteiger partial charge is 0.264 e. The number of nitrogens with zero attached hydrogens (tertiary/aromatic N) is 7. The second-order valence-corrected chi connectivity index (χ2v) is 15.4. The Morgan fingerprint density at radius 3 is 2.37 bits per heavy atom. The van der Waals surface area contributed by atoms with Crippen molar-refractivity contribution in [1.29, 1.82) is 0 Å². The fourth-order valence-corrected chi connectivity index (χ4v) is 8.34. The van der Waals surface area contributed by atoms with Gasteiger partial charge in [0.2, 0.25) is 17.7 Å². The molecule has 2 N–H and O–H groups in total. The summed E-state index contributed by atoms with van der Waals surface area (Å²) in [6.07, 6.45) is 14.6. The van der Waals surface area contributed by atoms with Crippen LogP contribution in [-0.4, -0.2) is 97.7 Å². The number of amides is 5. The number of piperidine rings is 1. The molecule has 8 rings (SSSR count). The fourth-order valence-electron chi connectivity index (χ4n) is 8.34. The van der Waals surface area contributed by atoms with E-state index < -0.39 is 29.7 Å². The Morgan fingerprint density at radius 2 is 1.61 bits per heavy atom. The first-order chi connectivity index (χ1) is 28.9. The van der Waals surface area contributed by atoms with Gasteiger partial charge >= 0.3 is 0 Å². The third-order valence-electron chi connectivity index (χ3n) is 11.6. The molecule has 1 atom stereocenters. The quantitative estimate of drug-likeness (QED) is 0.0904. The number of benzene rings is 2. The van der Waals surface area contributed by atoms with Crippen molar-refractivity contribution in [2.75, 3.05) is 42.9 Å². The Kier molecular flexibility index (Phi) is 12.1. The van der Waals surface area contributed by atoms with Gasteiger partial charge in [0.05, 0.1) is 17.4 Å². The number of carbonyl (C=O) groups excluding carboxylic acids is 5. The van der Waals surface area contributed by atoms with Crippen molar-refractivity contribution >= 4 is 46.6 Å². The first kappa shape index (κ1) is 39.4. The maximum atomic E-state index is 13.3. The van der Waals surface area contributed by atoms with Gasteiger partial charge in [0.1, 0.15) is 24.0 Å². The van der Waals surface area contributed by atoms with Crippen molar-refractivity contribution in [3.05, 3.63) is 96.1 Å². The molecule has 6 heterocycles. The van der Waals surface area contributed by atoms with Crippen LogP contribution >= 0.6 is 0 Å². The largest absolute Gasteiger partial charge is 0.469 e. The third kappa shape index (κ3) is 8.74. The maximum Gasteiger partial charge on any atom is 0.264 e. The minimum atomic E-state index is -0.981. The molecule has 2 fully saturated rings. The van der Waals surface area contributed by atoms with Gasteiger partial charge in [0, 0.05) is 81.5 Å². The topological polar surface area (TPSA) is 175 Å². The van der Waals surface area contributed by atoms with Crippen LogP contribution in [0.3, 0.4) is 0 Å². The molecule has 3 aliphatic rings. The van der Waals surface area contributed by atoms with Crippen LogP contribution in [-0.2, 0) is 27.2 Å². The Morgan fingerprint density at radius 1 is 0.831 bits per heavy atom. The number of rotatable bonds is 17. The molecule has 5 amide bonds. The molecule has 0 bridgehead atoms. The zero-order valence-electron chi connectivity index (χ0n) is 33.1. The Balaban J connectivity index is 0.702. The highest BCUT2D eigenvalue weighted by atomic mass is 16.3. The van der Waals surface area contributed by atoms with Crippen LogP contribution in [0.4, 0.5) is 11.4 Å². The molecule has 3 aromatic heterocycles. The van der Waals surface area contributed by atoms with E-state index in [2.05, 4.69) is 50.0 Å². The number of carbonyl (C=O) groups is 5. The second kappa shape index (κ2) is 18.0. The summed E-state index contributed by atoms with van der Waals surface area (Å²) in [5.41, 5.74) is 5.00. The molecule has 15 heteroatoms. The number of furan rings is 1. The van der Waals surface area contributed by atoms with Crippen LogP contribution in [0.2, 0.25) is 0 Å². The van der Waals surface area contributed by atoms with Gasteiger partial charge in [0.25, 0.3) is 11.8 Å². The summed E-state index contributed by atoms with van der Waals surface area (Å²) < 4.78 is 7.43. The minimum absolute atomic E-state index is 0.0871. The maximum absolute atomic E-state index is 13.3. The number of anilines is 2. The Hall–Kier alpha value is -6.38. The molecule has 0 radical (unpaired) electrons. The molecule has 0 aliphatic carbocycles. The monoisotopic (exact) mass is 799 g/mol. The van der Waals surface area contributed by atoms with Crippen LogP contribution in [0.1, 0.15) is 96.5 Å². The number of fused-ring (bicyclic) bond motifs is 2. The summed E-state index contributed by atoms with van der Waals surface area (Å²) in [5.74, 6) is 0.0112. The van der Waals surface area contributed by atoms with E-state index in [1.165, 1.54) is 0 Å². The van der Waals surface area contributed by atoms with E-state index >= 15 is 0 Å². The Labute approximate surface area is 342 Å². The lowest BCUT2D eigenvalue weighted by atomic mass is 10.0. The zero-order valence-corrected chi connectivity index (χ0v) is 33.1. The van der Waals surface area contributed by atoms with Crippen LogP contribution in [0.15, 0.2) is 77.8 Å². The average Bonchev–Trinajstić information content (AvgIpc) is 4.02. The molecule has 15 nitrogen and oxygen atoms in total. The van der Waals surface area contributed by atoms with Gasteiger partial charge in [-0.2, -0.15) is 0 Å². The molecular weight excluding hydrogens is 751 g/mol. The van der Waals surface area contributed by atoms with Gasteiger partial charge in [-0.1, -0.05) is 50.3 Å². The predicted molar refractivity (Wildman–Crippen MR) is 220 cm³/mol. The molecule has 2 saturated heterocycles. The van der Waals surface area contributed by atoms with Gasteiger partial charge < -0.3 is 19.5 Å². The lowest BCUT2D eigenvalue weighted by Crippen LogP contribution is -2.54. The van der Waals surface area contributed by atoms with Crippen LogP contribution < -0.4 is 15.5 Å². The van der Waals surface area contributed by atoms with E-state index in [0.29, 0.717) is 38.2 Å². The van der Waals surface area contributed by atoms with Crippen molar-refractivity contribution < 1.29 is 28.4 Å². The lowest BCUT2D eigenvalue weighted by molar-refractivity contribution is -0.136. The Bertz CT molecular complexity index is 2310. The number of nitrogens with one attached hydrogen (secondary N) is 2. The molecular formula is C44H49N9O6. The van der Waals surface area contributed by atoms with E-state index in [1.54, 1.807) is 30.8 Å². The molecule has 5 aromatic rings. The van der Waals surface area contributed by atoms with E-state index in [1.807, 2.05) is 27.6 Å². The van der Waals surface area contributed by atoms with E-state index in [0.717, 1.165) is 103 Å².